The van der Waals surface area contributed by atoms with E-state index in [-0.39, 0.29) is 13.2 Å². The molecule has 1 amide bonds. The summed E-state index contributed by atoms with van der Waals surface area (Å²) in [5.41, 5.74) is 10.1. The van der Waals surface area contributed by atoms with E-state index in [9.17, 15) is 9.90 Å². The first-order chi connectivity index (χ1) is 17.0. The molecule has 1 unspecified atom stereocenters. The highest BCUT2D eigenvalue weighted by Gasteiger charge is 2.51. The maximum absolute atomic E-state index is 13.4. The molecule has 0 radical (unpaired) electrons. The molecule has 0 aliphatic carbocycles. The Kier molecular flexibility index (Phi) is 4.89. The van der Waals surface area contributed by atoms with Gasteiger partial charge in [0.2, 0.25) is 5.88 Å². The number of aliphatic hydroxyl groups excluding tert-OH is 1. The van der Waals surface area contributed by atoms with Crippen molar-refractivity contribution in [2.45, 2.75) is 17.9 Å². The van der Waals surface area contributed by atoms with Crippen molar-refractivity contribution in [2.75, 3.05) is 25.2 Å². The number of nitrogens with one attached hydrogen (secondary N) is 2. The maximum atomic E-state index is 13.4. The Hall–Kier alpha value is -4.11. The lowest BCUT2D eigenvalue weighted by atomic mass is 9.90. The normalized spacial score (nSPS) is 22.8. The Balaban J connectivity index is 1.27. The lowest BCUT2D eigenvalue weighted by Gasteiger charge is -2.38. The van der Waals surface area contributed by atoms with Gasteiger partial charge >= 0.3 is 0 Å². The first-order valence-electron chi connectivity index (χ1n) is 10.7. The van der Waals surface area contributed by atoms with Crippen molar-refractivity contribution in [3.8, 4) is 17.3 Å². The highest BCUT2D eigenvalue weighted by molar-refractivity contribution is 5.97. The minimum absolute atomic E-state index is 0.174. The van der Waals surface area contributed by atoms with Crippen LogP contribution in [0.5, 0.6) is 11.6 Å². The number of methoxy groups -OCH3 is 1. The third-order valence-electron chi connectivity index (χ3n) is 6.12. The van der Waals surface area contributed by atoms with E-state index in [1.807, 2.05) is 0 Å². The zero-order chi connectivity index (χ0) is 24.2. The van der Waals surface area contributed by atoms with Gasteiger partial charge in [-0.2, -0.15) is 5.10 Å². The van der Waals surface area contributed by atoms with Gasteiger partial charge in [-0.05, 0) is 6.07 Å². The number of morpholine rings is 1. The van der Waals surface area contributed by atoms with Gasteiger partial charge in [0.05, 0.1) is 49.5 Å². The van der Waals surface area contributed by atoms with Gasteiger partial charge in [-0.25, -0.2) is 9.67 Å². The summed E-state index contributed by atoms with van der Waals surface area (Å²) in [6.45, 7) is 0.427. The largest absolute Gasteiger partial charge is 0.480 e. The van der Waals surface area contributed by atoms with E-state index in [0.29, 0.717) is 34.2 Å². The molecule has 1 fully saturated rings. The number of nitrogens with two attached hydrogens (primary N) is 1. The van der Waals surface area contributed by atoms with Crippen molar-refractivity contribution in [3.63, 3.8) is 0 Å². The third-order valence-corrected chi connectivity index (χ3v) is 6.12. The van der Waals surface area contributed by atoms with Gasteiger partial charge in [-0.15, -0.1) is 15.7 Å². The molecule has 3 atom stereocenters. The Labute approximate surface area is 197 Å². The molecule has 1 saturated heterocycles. The van der Waals surface area contributed by atoms with Crippen LogP contribution in [0.3, 0.4) is 0 Å². The Morgan fingerprint density at radius 3 is 3.11 bits per heavy atom. The number of rotatable bonds is 5. The molecule has 2 aliphatic heterocycles. The molecule has 14 nitrogen and oxygen atoms in total. The minimum atomic E-state index is -1.61. The molecule has 14 heteroatoms. The van der Waals surface area contributed by atoms with Crippen molar-refractivity contribution in [1.29, 1.82) is 0 Å². The second-order valence-electron chi connectivity index (χ2n) is 8.14. The van der Waals surface area contributed by atoms with Crippen molar-refractivity contribution in [1.82, 2.24) is 35.4 Å². The molecule has 0 saturated carbocycles. The average Bonchev–Trinajstić information content (AvgIpc) is 3.62. The number of amides is 1. The fraction of sp³-hybridized carbons (Fsp3) is 0.286. The number of imidazole rings is 1. The number of H-pyrrole nitrogens is 1. The quantitative estimate of drug-likeness (QED) is 0.286. The van der Waals surface area contributed by atoms with Gasteiger partial charge in [0.1, 0.15) is 6.10 Å². The highest BCUT2D eigenvalue weighted by atomic mass is 16.7. The van der Waals surface area contributed by atoms with E-state index in [0.717, 1.165) is 5.52 Å². The van der Waals surface area contributed by atoms with E-state index in [1.54, 1.807) is 41.5 Å². The van der Waals surface area contributed by atoms with E-state index in [2.05, 4.69) is 30.7 Å². The van der Waals surface area contributed by atoms with E-state index >= 15 is 0 Å². The van der Waals surface area contributed by atoms with Crippen LogP contribution >= 0.6 is 0 Å². The first-order valence-corrected chi connectivity index (χ1v) is 10.7. The summed E-state index contributed by atoms with van der Waals surface area (Å²) in [4.78, 5) is 27.6. The number of carbonyl (C=O) groups is 1. The average molecular weight is 479 g/mol. The van der Waals surface area contributed by atoms with Crippen LogP contribution in [0.15, 0.2) is 43.0 Å². The van der Waals surface area contributed by atoms with Crippen LogP contribution in [-0.2, 0) is 15.2 Å². The zero-order valence-corrected chi connectivity index (χ0v) is 18.5. The summed E-state index contributed by atoms with van der Waals surface area (Å²) < 4.78 is 12.3. The number of aromatic nitrogens is 6. The molecular weight excluding hydrogens is 458 g/mol. The van der Waals surface area contributed by atoms with Gasteiger partial charge in [-0.1, -0.05) is 0 Å². The van der Waals surface area contributed by atoms with Crippen LogP contribution in [-0.4, -0.2) is 73.4 Å². The lowest BCUT2D eigenvalue weighted by molar-refractivity contribution is -0.151. The van der Waals surface area contributed by atoms with Crippen molar-refractivity contribution >= 4 is 22.8 Å². The molecule has 180 valence electrons. The number of hydrogen-bond donors (Lipinski definition) is 4. The molecule has 5 N–H and O–H groups in total. The highest BCUT2D eigenvalue weighted by Crippen LogP contribution is 2.38. The molecule has 1 aromatic carbocycles. The summed E-state index contributed by atoms with van der Waals surface area (Å²) in [5, 5.41) is 23.5. The molecule has 5 heterocycles. The minimum Gasteiger partial charge on any atom is -0.480 e. The maximum Gasteiger partial charge on any atom is 0.260 e. The summed E-state index contributed by atoms with van der Waals surface area (Å²) in [6.07, 6.45) is 2.00. The molecule has 2 aliphatic rings. The number of hydrogen-bond acceptors (Lipinski definition) is 11. The predicted octanol–water partition coefficient (Wildman–Crippen LogP) is -0.651. The molecule has 0 spiro atoms. The zero-order valence-electron chi connectivity index (χ0n) is 18.5. The van der Waals surface area contributed by atoms with Gasteiger partial charge in [0.15, 0.2) is 23.3 Å². The second-order valence-corrected chi connectivity index (χ2v) is 8.14. The van der Waals surface area contributed by atoms with Crippen LogP contribution in [0.25, 0.3) is 16.7 Å². The molecule has 0 bridgehead atoms. The Bertz CT molecular complexity index is 1420. The van der Waals surface area contributed by atoms with Crippen LogP contribution in [0.4, 0.5) is 5.82 Å². The number of ether oxygens (including phenoxy) is 2. The van der Waals surface area contributed by atoms with Crippen molar-refractivity contribution < 1.29 is 24.2 Å². The van der Waals surface area contributed by atoms with Crippen LogP contribution in [0, 0.1) is 0 Å². The number of carbonyl (C=O) groups excluding carboxylic acids is 1. The first kappa shape index (κ1) is 21.4. The Morgan fingerprint density at radius 2 is 2.26 bits per heavy atom. The van der Waals surface area contributed by atoms with E-state index < -0.39 is 23.8 Å². The summed E-state index contributed by atoms with van der Waals surface area (Å²) in [6, 6.07) is 6.76. The summed E-state index contributed by atoms with van der Waals surface area (Å²) >= 11 is 0. The topological polar surface area (TPSA) is 179 Å². The lowest BCUT2D eigenvalue weighted by Crippen LogP contribution is -2.65. The number of benzene rings is 1. The van der Waals surface area contributed by atoms with Gasteiger partial charge in [0.25, 0.3) is 5.91 Å². The number of aliphatic hydroxyl groups is 1. The van der Waals surface area contributed by atoms with E-state index in [4.69, 9.17) is 20.0 Å². The number of aromatic amines is 1. The molecule has 4 aromatic rings. The third kappa shape index (κ3) is 3.38. The van der Waals surface area contributed by atoms with Gasteiger partial charge < -0.3 is 30.1 Å². The van der Waals surface area contributed by atoms with Crippen molar-refractivity contribution in [3.05, 3.63) is 48.5 Å². The molecular formula is C21H21N9O5. The molecule has 6 rings (SSSR count). The fourth-order valence-electron chi connectivity index (χ4n) is 4.25. The fourth-order valence-corrected chi connectivity index (χ4v) is 4.25. The number of nitrogens with zero attached hydrogens (tertiary/aromatic N) is 6. The number of anilines is 1. The van der Waals surface area contributed by atoms with Crippen LogP contribution < -0.4 is 25.7 Å². The second kappa shape index (κ2) is 7.99. The molecule has 3 aromatic heterocycles. The summed E-state index contributed by atoms with van der Waals surface area (Å²) in [5.74, 6) is 0.646. The van der Waals surface area contributed by atoms with Gasteiger partial charge in [0, 0.05) is 30.0 Å². The predicted molar refractivity (Wildman–Crippen MR) is 120 cm³/mol. The van der Waals surface area contributed by atoms with Crippen molar-refractivity contribution in [2.24, 2.45) is 5.73 Å². The van der Waals surface area contributed by atoms with E-state index in [1.165, 1.54) is 18.2 Å². The monoisotopic (exact) mass is 479 g/mol. The molecule has 35 heavy (non-hydrogen) atoms. The SMILES string of the molecule is COc1cc(-n2ccc(N3CCO[C@H]([C@@H](O)C4(N)NOc5cc6[nH]cnc6cc54)C3=O)n2)cnn1. The van der Waals surface area contributed by atoms with Crippen LogP contribution in [0.2, 0.25) is 0 Å². The van der Waals surface area contributed by atoms with Gasteiger partial charge in [-0.3, -0.25) is 9.69 Å². The standard InChI is InChI=1S/C21H21N9O5/c1-33-17-6-11(9-25-26-17)30-3-2-16(27-30)29-4-5-34-18(20(29)32)19(31)21(22)12-7-13-14(24-10-23-13)8-15(12)35-28-21/h2-3,6-10,18-19,28,31H,4-5,22H2,1H3,(H,23,24)/t18-,19-,21?/m1/s1. The smallest absolute Gasteiger partial charge is 0.260 e. The number of fused-ring (bicyclic) bond motifs is 2. The number of hydroxylamine groups is 1. The summed E-state index contributed by atoms with van der Waals surface area (Å²) in [7, 11) is 1.49. The Morgan fingerprint density at radius 1 is 1.37 bits per heavy atom. The van der Waals surface area contributed by atoms with Crippen LogP contribution in [0.1, 0.15) is 5.56 Å².